The van der Waals surface area contributed by atoms with E-state index in [1.807, 2.05) is 0 Å². The molecule has 2 N–H and O–H groups in total. The molecule has 0 aromatic rings. The van der Waals surface area contributed by atoms with Gasteiger partial charge in [0, 0.05) is 13.1 Å². The van der Waals surface area contributed by atoms with Crippen LogP contribution in [0.4, 0.5) is 0 Å². The fourth-order valence-electron chi connectivity index (χ4n) is 1.93. The molecule has 1 rings (SSSR count). The molecule has 4 heteroatoms. The van der Waals surface area contributed by atoms with Gasteiger partial charge in [-0.15, -0.1) is 0 Å². The summed E-state index contributed by atoms with van der Waals surface area (Å²) in [5.41, 5.74) is 5.42. The Hall–Kier alpha value is -0.220. The van der Waals surface area contributed by atoms with Crippen LogP contribution >= 0.6 is 11.8 Å². The summed E-state index contributed by atoms with van der Waals surface area (Å²) < 4.78 is 0. The van der Waals surface area contributed by atoms with E-state index in [-0.39, 0.29) is 0 Å². The molecule has 0 atom stereocenters. The lowest BCUT2D eigenvalue weighted by Crippen LogP contribution is -2.35. The van der Waals surface area contributed by atoms with Crippen LogP contribution in [-0.4, -0.2) is 41.9 Å². The first-order chi connectivity index (χ1) is 7.84. The summed E-state index contributed by atoms with van der Waals surface area (Å²) in [6.45, 7) is 2.66. The van der Waals surface area contributed by atoms with E-state index < -0.39 is 0 Å². The van der Waals surface area contributed by atoms with Crippen LogP contribution in [0.2, 0.25) is 0 Å². The van der Waals surface area contributed by atoms with Gasteiger partial charge >= 0.3 is 0 Å². The zero-order valence-electron chi connectivity index (χ0n) is 10.1. The van der Waals surface area contributed by atoms with Crippen LogP contribution in [0.1, 0.15) is 38.5 Å². The number of carbonyl (C=O) groups excluding carboxylic acids is 1. The smallest absolute Gasteiger partial charge is 0.232 e. The molecule has 0 radical (unpaired) electrons. The highest BCUT2D eigenvalue weighted by atomic mass is 32.2. The second-order valence-corrected chi connectivity index (χ2v) is 5.45. The number of likely N-dealkylation sites (tertiary alicyclic amines) is 1. The van der Waals surface area contributed by atoms with Crippen molar-refractivity contribution in [2.45, 2.75) is 38.5 Å². The van der Waals surface area contributed by atoms with Crippen molar-refractivity contribution in [3.63, 3.8) is 0 Å². The Kier molecular flexibility index (Phi) is 7.68. The van der Waals surface area contributed by atoms with Crippen LogP contribution in [0.15, 0.2) is 0 Å². The molecule has 0 aromatic heterocycles. The molecular weight excluding hydrogens is 220 g/mol. The summed E-state index contributed by atoms with van der Waals surface area (Å²) in [4.78, 5) is 14.0. The highest BCUT2D eigenvalue weighted by Crippen LogP contribution is 2.12. The van der Waals surface area contributed by atoms with Crippen molar-refractivity contribution in [1.29, 1.82) is 0 Å². The molecule has 0 aliphatic carbocycles. The topological polar surface area (TPSA) is 46.3 Å². The number of carbonyl (C=O) groups is 1. The van der Waals surface area contributed by atoms with Gasteiger partial charge in [-0.25, -0.2) is 0 Å². The summed E-state index contributed by atoms with van der Waals surface area (Å²) in [6.07, 6.45) is 7.28. The number of hydrogen-bond acceptors (Lipinski definition) is 3. The zero-order chi connectivity index (χ0) is 11.6. The summed E-state index contributed by atoms with van der Waals surface area (Å²) in [5.74, 6) is 1.97. The van der Waals surface area contributed by atoms with Gasteiger partial charge in [0.1, 0.15) is 0 Å². The van der Waals surface area contributed by atoms with Gasteiger partial charge in [-0.3, -0.25) is 4.79 Å². The first kappa shape index (κ1) is 13.8. The number of amides is 1. The number of rotatable bonds is 5. The molecule has 0 bridgehead atoms. The Labute approximate surface area is 103 Å². The van der Waals surface area contributed by atoms with Crippen LogP contribution in [-0.2, 0) is 4.79 Å². The molecule has 1 heterocycles. The van der Waals surface area contributed by atoms with Crippen LogP contribution in [0.25, 0.3) is 0 Å². The second kappa shape index (κ2) is 8.88. The van der Waals surface area contributed by atoms with E-state index >= 15 is 0 Å². The van der Waals surface area contributed by atoms with Crippen molar-refractivity contribution in [3.8, 4) is 0 Å². The lowest BCUT2D eigenvalue weighted by molar-refractivity contribution is -0.128. The predicted molar refractivity (Wildman–Crippen MR) is 70.7 cm³/mol. The molecule has 16 heavy (non-hydrogen) atoms. The lowest BCUT2D eigenvalue weighted by Gasteiger charge is -2.24. The van der Waals surface area contributed by atoms with Gasteiger partial charge in [0.15, 0.2) is 0 Å². The van der Waals surface area contributed by atoms with E-state index in [9.17, 15) is 4.79 Å². The first-order valence-electron chi connectivity index (χ1n) is 6.40. The molecule has 1 aliphatic heterocycles. The number of hydrogen-bond donors (Lipinski definition) is 1. The minimum atomic E-state index is 0.323. The highest BCUT2D eigenvalue weighted by Gasteiger charge is 2.13. The maximum Gasteiger partial charge on any atom is 0.232 e. The van der Waals surface area contributed by atoms with Crippen molar-refractivity contribution in [2.24, 2.45) is 5.73 Å². The summed E-state index contributed by atoms with van der Waals surface area (Å²) in [6, 6.07) is 0. The van der Waals surface area contributed by atoms with Crippen molar-refractivity contribution in [3.05, 3.63) is 0 Å². The Balaban J connectivity index is 2.17. The van der Waals surface area contributed by atoms with Crippen molar-refractivity contribution in [1.82, 2.24) is 4.90 Å². The second-order valence-electron chi connectivity index (χ2n) is 4.34. The third-order valence-corrected chi connectivity index (χ3v) is 3.96. The molecule has 0 aromatic carbocycles. The van der Waals surface area contributed by atoms with Gasteiger partial charge in [-0.2, -0.15) is 11.8 Å². The number of nitrogens with zero attached hydrogens (tertiary/aromatic N) is 1. The normalized spacial score (nSPS) is 17.9. The molecular formula is C12H24N2OS. The van der Waals surface area contributed by atoms with E-state index in [1.165, 1.54) is 32.1 Å². The van der Waals surface area contributed by atoms with Gasteiger partial charge in [-0.05, 0) is 31.6 Å². The monoisotopic (exact) mass is 244 g/mol. The molecule has 1 amide bonds. The fraction of sp³-hybridized carbons (Fsp3) is 0.917. The maximum absolute atomic E-state index is 11.9. The van der Waals surface area contributed by atoms with E-state index in [1.54, 1.807) is 11.8 Å². The van der Waals surface area contributed by atoms with Crippen LogP contribution in [0.5, 0.6) is 0 Å². The van der Waals surface area contributed by atoms with Crippen LogP contribution in [0.3, 0.4) is 0 Å². The maximum atomic E-state index is 11.9. The minimum absolute atomic E-state index is 0.323. The number of nitrogens with two attached hydrogens (primary N) is 1. The van der Waals surface area contributed by atoms with Gasteiger partial charge < -0.3 is 10.6 Å². The Bertz CT molecular complexity index is 191. The van der Waals surface area contributed by atoms with Gasteiger partial charge in [0.2, 0.25) is 5.91 Å². The van der Waals surface area contributed by atoms with Gasteiger partial charge in [-0.1, -0.05) is 19.3 Å². The molecule has 3 nitrogen and oxygen atoms in total. The Morgan fingerprint density at radius 2 is 1.75 bits per heavy atom. The van der Waals surface area contributed by atoms with E-state index in [0.29, 0.717) is 11.7 Å². The molecule has 1 fully saturated rings. The van der Waals surface area contributed by atoms with Crippen molar-refractivity contribution < 1.29 is 4.79 Å². The fourth-order valence-corrected chi connectivity index (χ4v) is 2.81. The standard InChI is InChI=1S/C12H24N2OS/c13-7-6-10-16-11-12(15)14-8-4-2-1-3-5-9-14/h1-11,13H2. The SMILES string of the molecule is NCCCSCC(=O)N1CCCCCCC1. The van der Waals surface area contributed by atoms with Gasteiger partial charge in [0.05, 0.1) is 5.75 Å². The van der Waals surface area contributed by atoms with E-state index in [0.717, 1.165) is 31.8 Å². The third-order valence-electron chi connectivity index (χ3n) is 2.93. The average Bonchev–Trinajstić information content (AvgIpc) is 2.23. The summed E-state index contributed by atoms with van der Waals surface area (Å²) in [7, 11) is 0. The average molecular weight is 244 g/mol. The predicted octanol–water partition coefficient (Wildman–Crippen LogP) is 1.86. The van der Waals surface area contributed by atoms with Gasteiger partial charge in [0.25, 0.3) is 0 Å². The number of thioether (sulfide) groups is 1. The molecule has 0 spiro atoms. The summed E-state index contributed by atoms with van der Waals surface area (Å²) in [5, 5.41) is 0. The quantitative estimate of drug-likeness (QED) is 0.751. The highest BCUT2D eigenvalue weighted by molar-refractivity contribution is 7.99. The zero-order valence-corrected chi connectivity index (χ0v) is 10.9. The van der Waals surface area contributed by atoms with Crippen molar-refractivity contribution >= 4 is 17.7 Å². The Morgan fingerprint density at radius 3 is 2.38 bits per heavy atom. The largest absolute Gasteiger partial charge is 0.342 e. The Morgan fingerprint density at radius 1 is 1.12 bits per heavy atom. The molecule has 0 unspecified atom stereocenters. The van der Waals surface area contributed by atoms with E-state index in [4.69, 9.17) is 5.73 Å². The first-order valence-corrected chi connectivity index (χ1v) is 7.55. The molecule has 1 saturated heterocycles. The van der Waals surface area contributed by atoms with Crippen LogP contribution < -0.4 is 5.73 Å². The minimum Gasteiger partial charge on any atom is -0.342 e. The lowest BCUT2D eigenvalue weighted by atomic mass is 10.1. The summed E-state index contributed by atoms with van der Waals surface area (Å²) >= 11 is 1.72. The third kappa shape index (κ3) is 5.75. The van der Waals surface area contributed by atoms with Crippen LogP contribution in [0, 0.1) is 0 Å². The van der Waals surface area contributed by atoms with Crippen molar-refractivity contribution in [2.75, 3.05) is 31.1 Å². The molecule has 0 saturated carbocycles. The molecule has 1 aliphatic rings. The van der Waals surface area contributed by atoms with E-state index in [2.05, 4.69) is 4.90 Å². The molecule has 94 valence electrons.